The second kappa shape index (κ2) is 3.97. The van der Waals surface area contributed by atoms with Crippen molar-refractivity contribution in [1.29, 1.82) is 0 Å². The molecule has 1 N–H and O–H groups in total. The van der Waals surface area contributed by atoms with Gasteiger partial charge in [-0.3, -0.25) is 9.89 Å². The number of halogens is 1. The number of hydrogen-bond donors (Lipinski definition) is 1. The first-order valence-corrected chi connectivity index (χ1v) is 5.41. The van der Waals surface area contributed by atoms with Gasteiger partial charge in [-0.2, -0.15) is 4.68 Å². The van der Waals surface area contributed by atoms with Crippen molar-refractivity contribution in [2.24, 2.45) is 0 Å². The van der Waals surface area contributed by atoms with Gasteiger partial charge >= 0.3 is 6.09 Å². The third-order valence-corrected chi connectivity index (χ3v) is 2.23. The maximum Gasteiger partial charge on any atom is 0.434 e. The minimum absolute atomic E-state index is 0.161. The highest BCUT2D eigenvalue weighted by atomic mass is 19.1. The predicted molar refractivity (Wildman–Crippen MR) is 64.1 cm³/mol. The van der Waals surface area contributed by atoms with Gasteiger partial charge in [0.1, 0.15) is 11.4 Å². The number of ether oxygens (including phenoxy) is 1. The van der Waals surface area contributed by atoms with Gasteiger partial charge in [0.15, 0.2) is 0 Å². The number of rotatable bonds is 0. The molecular weight excluding hydrogens is 239 g/mol. The van der Waals surface area contributed by atoms with E-state index >= 15 is 0 Å². The first-order chi connectivity index (χ1) is 8.28. The van der Waals surface area contributed by atoms with E-state index in [1.165, 1.54) is 6.07 Å². The molecule has 1 aromatic carbocycles. The van der Waals surface area contributed by atoms with Gasteiger partial charge in [0, 0.05) is 6.07 Å². The Hall–Kier alpha value is -2.11. The number of carbonyl (C=O) groups excluding carboxylic acids is 1. The van der Waals surface area contributed by atoms with E-state index in [9.17, 15) is 14.0 Å². The van der Waals surface area contributed by atoms with Crippen LogP contribution in [-0.4, -0.2) is 21.5 Å². The molecular formula is C12H13FN2O3. The van der Waals surface area contributed by atoms with Crippen LogP contribution in [0.1, 0.15) is 20.8 Å². The number of H-pyrrole nitrogens is 1. The summed E-state index contributed by atoms with van der Waals surface area (Å²) >= 11 is 0. The SMILES string of the molecule is CC(C)(C)OC(=O)n1[nH]c(=O)c2ccc(F)cc21. The standard InChI is InChI=1S/C12H13FN2O3/c1-12(2,3)18-11(17)15-9-6-7(13)4-5-8(9)10(16)14-15/h4-6H,1-3H3,(H,14,16). The molecule has 0 saturated heterocycles. The quantitative estimate of drug-likeness (QED) is 0.782. The summed E-state index contributed by atoms with van der Waals surface area (Å²) in [5, 5.41) is 2.56. The van der Waals surface area contributed by atoms with Crippen LogP contribution in [-0.2, 0) is 4.74 Å². The van der Waals surface area contributed by atoms with E-state index < -0.39 is 23.1 Å². The fraction of sp³-hybridized carbons (Fsp3) is 0.333. The molecule has 5 nitrogen and oxygen atoms in total. The van der Waals surface area contributed by atoms with E-state index in [2.05, 4.69) is 5.10 Å². The lowest BCUT2D eigenvalue weighted by atomic mass is 10.2. The topological polar surface area (TPSA) is 64.1 Å². The molecule has 2 aromatic rings. The largest absolute Gasteiger partial charge is 0.442 e. The van der Waals surface area contributed by atoms with Crippen molar-refractivity contribution in [1.82, 2.24) is 9.78 Å². The van der Waals surface area contributed by atoms with E-state index in [-0.39, 0.29) is 10.9 Å². The summed E-state index contributed by atoms with van der Waals surface area (Å²) < 4.78 is 19.2. The fourth-order valence-electron chi connectivity index (χ4n) is 1.56. The number of nitrogens with zero attached hydrogens (tertiary/aromatic N) is 1. The lowest BCUT2D eigenvalue weighted by molar-refractivity contribution is 0.0522. The number of nitrogens with one attached hydrogen (secondary N) is 1. The van der Waals surface area contributed by atoms with E-state index in [1.54, 1.807) is 20.8 Å². The van der Waals surface area contributed by atoms with Crippen LogP contribution in [0.2, 0.25) is 0 Å². The van der Waals surface area contributed by atoms with Crippen LogP contribution in [0.15, 0.2) is 23.0 Å². The molecule has 0 aliphatic heterocycles. The molecule has 2 rings (SSSR count). The van der Waals surface area contributed by atoms with E-state index in [1.807, 2.05) is 0 Å². The van der Waals surface area contributed by atoms with Gasteiger partial charge in [0.25, 0.3) is 5.56 Å². The molecule has 1 heterocycles. The smallest absolute Gasteiger partial charge is 0.434 e. The van der Waals surface area contributed by atoms with Crippen LogP contribution < -0.4 is 5.56 Å². The maximum atomic E-state index is 13.1. The molecule has 0 amide bonds. The van der Waals surface area contributed by atoms with Crippen molar-refractivity contribution in [3.8, 4) is 0 Å². The van der Waals surface area contributed by atoms with Gasteiger partial charge < -0.3 is 4.74 Å². The highest BCUT2D eigenvalue weighted by Crippen LogP contribution is 2.14. The fourth-order valence-corrected chi connectivity index (χ4v) is 1.56. The van der Waals surface area contributed by atoms with Crippen LogP contribution in [0.4, 0.5) is 9.18 Å². The van der Waals surface area contributed by atoms with Gasteiger partial charge in [0.05, 0.1) is 10.9 Å². The Labute approximate surface area is 102 Å². The zero-order valence-corrected chi connectivity index (χ0v) is 10.3. The molecule has 18 heavy (non-hydrogen) atoms. The average Bonchev–Trinajstić information content (AvgIpc) is 2.53. The molecule has 0 bridgehead atoms. The third kappa shape index (κ3) is 2.27. The summed E-state index contributed by atoms with van der Waals surface area (Å²) in [7, 11) is 0. The molecule has 6 heteroatoms. The first-order valence-electron chi connectivity index (χ1n) is 5.41. The number of fused-ring (bicyclic) bond motifs is 1. The second-order valence-corrected chi connectivity index (χ2v) is 4.92. The average molecular weight is 252 g/mol. The third-order valence-electron chi connectivity index (χ3n) is 2.23. The minimum atomic E-state index is -0.750. The molecule has 0 radical (unpaired) electrons. The lowest BCUT2D eigenvalue weighted by Crippen LogP contribution is -2.28. The molecule has 1 aromatic heterocycles. The molecule has 0 aliphatic rings. The molecule has 0 aliphatic carbocycles. The van der Waals surface area contributed by atoms with Crippen LogP contribution in [0.3, 0.4) is 0 Å². The van der Waals surface area contributed by atoms with Crippen LogP contribution >= 0.6 is 0 Å². The molecule has 0 atom stereocenters. The van der Waals surface area contributed by atoms with E-state index in [0.717, 1.165) is 16.8 Å². The maximum absolute atomic E-state index is 13.1. The highest BCUT2D eigenvalue weighted by molar-refractivity contribution is 5.87. The van der Waals surface area contributed by atoms with E-state index in [4.69, 9.17) is 4.74 Å². The van der Waals surface area contributed by atoms with Crippen molar-refractivity contribution in [3.05, 3.63) is 34.4 Å². The van der Waals surface area contributed by atoms with Gasteiger partial charge in [-0.25, -0.2) is 9.18 Å². The molecule has 0 unspecified atom stereocenters. The Morgan fingerprint density at radius 2 is 2.06 bits per heavy atom. The van der Waals surface area contributed by atoms with E-state index in [0.29, 0.717) is 0 Å². The number of benzene rings is 1. The summed E-state index contributed by atoms with van der Waals surface area (Å²) in [5.41, 5.74) is -0.997. The molecule has 0 saturated carbocycles. The number of hydrogen-bond acceptors (Lipinski definition) is 3. The Morgan fingerprint density at radius 1 is 1.39 bits per heavy atom. The minimum Gasteiger partial charge on any atom is -0.442 e. The van der Waals surface area contributed by atoms with Crippen molar-refractivity contribution < 1.29 is 13.9 Å². The van der Waals surface area contributed by atoms with Crippen LogP contribution in [0, 0.1) is 5.82 Å². The van der Waals surface area contributed by atoms with Crippen molar-refractivity contribution in [2.45, 2.75) is 26.4 Å². The van der Waals surface area contributed by atoms with Gasteiger partial charge in [-0.05, 0) is 32.9 Å². The molecule has 96 valence electrons. The summed E-state index contributed by atoms with van der Waals surface area (Å²) in [6.45, 7) is 5.11. The van der Waals surface area contributed by atoms with Crippen LogP contribution in [0.5, 0.6) is 0 Å². The normalized spacial score (nSPS) is 11.8. The second-order valence-electron chi connectivity index (χ2n) is 4.92. The summed E-state index contributed by atoms with van der Waals surface area (Å²) in [6.07, 6.45) is -0.750. The van der Waals surface area contributed by atoms with Gasteiger partial charge in [0.2, 0.25) is 0 Å². The summed E-state index contributed by atoms with van der Waals surface area (Å²) in [5.74, 6) is -0.529. The highest BCUT2D eigenvalue weighted by Gasteiger charge is 2.20. The van der Waals surface area contributed by atoms with Crippen LogP contribution in [0.25, 0.3) is 10.9 Å². The lowest BCUT2D eigenvalue weighted by Gasteiger charge is -2.19. The van der Waals surface area contributed by atoms with Crippen molar-refractivity contribution in [3.63, 3.8) is 0 Å². The zero-order chi connectivity index (χ0) is 13.5. The zero-order valence-electron chi connectivity index (χ0n) is 10.3. The Balaban J connectivity index is 2.55. The summed E-state index contributed by atoms with van der Waals surface area (Å²) in [6, 6.07) is 3.60. The monoisotopic (exact) mass is 252 g/mol. The number of aromatic nitrogens is 2. The molecule has 0 spiro atoms. The molecule has 0 fully saturated rings. The van der Waals surface area contributed by atoms with Crippen molar-refractivity contribution >= 4 is 17.0 Å². The van der Waals surface area contributed by atoms with Gasteiger partial charge in [-0.15, -0.1) is 0 Å². The summed E-state index contributed by atoms with van der Waals surface area (Å²) in [4.78, 5) is 23.4. The Kier molecular flexibility index (Phi) is 2.73. The Morgan fingerprint density at radius 3 is 2.67 bits per heavy atom. The van der Waals surface area contributed by atoms with Crippen molar-refractivity contribution in [2.75, 3.05) is 0 Å². The van der Waals surface area contributed by atoms with Gasteiger partial charge in [-0.1, -0.05) is 0 Å². The Bertz CT molecular complexity index is 664. The first kappa shape index (κ1) is 12.3. The predicted octanol–water partition coefficient (Wildman–Crippen LogP) is 2.25. The number of carbonyl (C=O) groups is 1. The number of aromatic amines is 1.